The summed E-state index contributed by atoms with van der Waals surface area (Å²) in [6, 6.07) is 14.1. The first-order valence-electron chi connectivity index (χ1n) is 8.15. The lowest BCUT2D eigenvalue weighted by molar-refractivity contribution is -0.168. The van der Waals surface area contributed by atoms with Gasteiger partial charge in [0.15, 0.2) is 0 Å². The third-order valence-corrected chi connectivity index (χ3v) is 4.30. The molecular weight excluding hydrogens is 332 g/mol. The number of nitrogens with zero attached hydrogens (tertiary/aromatic N) is 2. The van der Waals surface area contributed by atoms with Crippen LogP contribution in [0.25, 0.3) is 10.8 Å². The molecule has 0 unspecified atom stereocenters. The maximum absolute atomic E-state index is 12.2. The molecule has 26 heavy (non-hydrogen) atoms. The van der Waals surface area contributed by atoms with Gasteiger partial charge in [0, 0.05) is 17.8 Å². The minimum atomic E-state index is -0.646. The van der Waals surface area contributed by atoms with E-state index in [1.54, 1.807) is 24.5 Å². The SMILES string of the molecule is O=C(CCc1cncc2ccccc12)ON1C(=O)c2ccccc2C1=O. The number of hydrogen-bond donors (Lipinski definition) is 0. The van der Waals surface area contributed by atoms with E-state index in [0.717, 1.165) is 16.3 Å². The van der Waals surface area contributed by atoms with Gasteiger partial charge in [-0.15, -0.1) is 0 Å². The van der Waals surface area contributed by atoms with Crippen LogP contribution in [0.4, 0.5) is 0 Å². The Balaban J connectivity index is 1.45. The molecule has 128 valence electrons. The van der Waals surface area contributed by atoms with Crippen molar-refractivity contribution in [3.63, 3.8) is 0 Å². The van der Waals surface area contributed by atoms with Gasteiger partial charge in [0.25, 0.3) is 11.8 Å². The Morgan fingerprint density at radius 1 is 0.923 bits per heavy atom. The first-order valence-corrected chi connectivity index (χ1v) is 8.15. The van der Waals surface area contributed by atoms with Gasteiger partial charge in [0.2, 0.25) is 0 Å². The van der Waals surface area contributed by atoms with Gasteiger partial charge in [-0.05, 0) is 29.5 Å². The average Bonchev–Trinajstić information content (AvgIpc) is 2.91. The van der Waals surface area contributed by atoms with Crippen LogP contribution in [0.15, 0.2) is 60.9 Å². The second-order valence-electron chi connectivity index (χ2n) is 5.93. The Morgan fingerprint density at radius 2 is 1.58 bits per heavy atom. The lowest BCUT2D eigenvalue weighted by Crippen LogP contribution is -2.32. The molecule has 1 aromatic heterocycles. The highest BCUT2D eigenvalue weighted by molar-refractivity contribution is 6.20. The third kappa shape index (κ3) is 2.71. The summed E-state index contributed by atoms with van der Waals surface area (Å²) in [7, 11) is 0. The molecule has 0 saturated carbocycles. The number of imide groups is 1. The maximum Gasteiger partial charge on any atom is 0.333 e. The summed E-state index contributed by atoms with van der Waals surface area (Å²) < 4.78 is 0. The lowest BCUT2D eigenvalue weighted by Gasteiger charge is -2.13. The topological polar surface area (TPSA) is 76.6 Å². The zero-order valence-electron chi connectivity index (χ0n) is 13.7. The normalized spacial score (nSPS) is 13.2. The monoisotopic (exact) mass is 346 g/mol. The Hall–Kier alpha value is -3.54. The second kappa shape index (κ2) is 6.40. The van der Waals surface area contributed by atoms with Crippen LogP contribution in [0.5, 0.6) is 0 Å². The number of benzene rings is 2. The summed E-state index contributed by atoms with van der Waals surface area (Å²) in [6.07, 6.45) is 3.90. The van der Waals surface area contributed by atoms with Crippen LogP contribution in [-0.2, 0) is 16.1 Å². The van der Waals surface area contributed by atoms with Gasteiger partial charge in [0.05, 0.1) is 17.5 Å². The van der Waals surface area contributed by atoms with Gasteiger partial charge in [-0.3, -0.25) is 14.6 Å². The Morgan fingerprint density at radius 3 is 2.31 bits per heavy atom. The number of aryl methyl sites for hydroxylation is 1. The van der Waals surface area contributed by atoms with Crippen LogP contribution in [-0.4, -0.2) is 27.8 Å². The molecule has 0 N–H and O–H groups in total. The van der Waals surface area contributed by atoms with Crippen LogP contribution in [0.3, 0.4) is 0 Å². The lowest BCUT2D eigenvalue weighted by atomic mass is 10.0. The molecule has 0 bridgehead atoms. The smallest absolute Gasteiger partial charge is 0.330 e. The molecule has 0 atom stereocenters. The first kappa shape index (κ1) is 16.0. The van der Waals surface area contributed by atoms with Crippen LogP contribution in [0, 0.1) is 0 Å². The quantitative estimate of drug-likeness (QED) is 0.679. The van der Waals surface area contributed by atoms with Crippen molar-refractivity contribution in [2.24, 2.45) is 0 Å². The van der Waals surface area contributed by atoms with E-state index in [-0.39, 0.29) is 17.5 Å². The summed E-state index contributed by atoms with van der Waals surface area (Å²) in [5.74, 6) is -1.89. The summed E-state index contributed by atoms with van der Waals surface area (Å²) >= 11 is 0. The van der Waals surface area contributed by atoms with Gasteiger partial charge < -0.3 is 4.84 Å². The van der Waals surface area contributed by atoms with E-state index in [2.05, 4.69) is 4.98 Å². The number of aromatic nitrogens is 1. The molecule has 2 heterocycles. The Kier molecular flexibility index (Phi) is 3.93. The predicted octanol–water partition coefficient (Wildman–Crippen LogP) is 2.92. The fraction of sp³-hybridized carbons (Fsp3) is 0.100. The highest BCUT2D eigenvalue weighted by Crippen LogP contribution is 2.23. The number of amides is 2. The number of fused-ring (bicyclic) bond motifs is 2. The predicted molar refractivity (Wildman–Crippen MR) is 93.1 cm³/mol. The molecule has 1 aliphatic rings. The number of carbonyl (C=O) groups excluding carboxylic acids is 3. The van der Waals surface area contributed by atoms with Crippen molar-refractivity contribution >= 4 is 28.6 Å². The highest BCUT2D eigenvalue weighted by Gasteiger charge is 2.38. The van der Waals surface area contributed by atoms with E-state index >= 15 is 0 Å². The molecule has 0 radical (unpaired) electrons. The Labute approximate surface area is 149 Å². The maximum atomic E-state index is 12.2. The molecular formula is C20H14N2O4. The van der Waals surface area contributed by atoms with E-state index in [1.807, 2.05) is 24.3 Å². The third-order valence-electron chi connectivity index (χ3n) is 4.30. The second-order valence-corrected chi connectivity index (χ2v) is 5.93. The number of rotatable bonds is 4. The number of hydrogen-bond acceptors (Lipinski definition) is 5. The highest BCUT2D eigenvalue weighted by atomic mass is 16.7. The standard InChI is InChI=1S/C20H14N2O4/c23-18(10-9-14-12-21-11-13-5-1-2-6-15(13)14)26-22-19(24)16-7-3-4-8-17(16)20(22)25/h1-8,11-12H,9-10H2. The summed E-state index contributed by atoms with van der Waals surface area (Å²) in [4.78, 5) is 45.8. The van der Waals surface area contributed by atoms with Crippen LogP contribution >= 0.6 is 0 Å². The summed E-state index contributed by atoms with van der Waals surface area (Å²) in [5, 5.41) is 2.53. The van der Waals surface area contributed by atoms with Crippen LogP contribution in [0.1, 0.15) is 32.7 Å². The zero-order valence-corrected chi connectivity index (χ0v) is 13.7. The van der Waals surface area contributed by atoms with Crippen molar-refractivity contribution < 1.29 is 19.2 Å². The van der Waals surface area contributed by atoms with Gasteiger partial charge in [-0.2, -0.15) is 0 Å². The van der Waals surface area contributed by atoms with E-state index in [0.29, 0.717) is 11.5 Å². The average molecular weight is 346 g/mol. The van der Waals surface area contributed by atoms with E-state index in [9.17, 15) is 14.4 Å². The Bertz CT molecular complexity index is 1000. The van der Waals surface area contributed by atoms with Crippen molar-refractivity contribution in [2.75, 3.05) is 0 Å². The van der Waals surface area contributed by atoms with E-state index in [4.69, 9.17) is 4.84 Å². The molecule has 0 saturated heterocycles. The van der Waals surface area contributed by atoms with Crippen molar-refractivity contribution in [2.45, 2.75) is 12.8 Å². The number of pyridine rings is 1. The van der Waals surface area contributed by atoms with Crippen molar-refractivity contribution in [3.8, 4) is 0 Å². The van der Waals surface area contributed by atoms with E-state index < -0.39 is 17.8 Å². The fourth-order valence-electron chi connectivity index (χ4n) is 3.01. The molecule has 0 fully saturated rings. The van der Waals surface area contributed by atoms with Crippen LogP contribution in [0.2, 0.25) is 0 Å². The molecule has 4 rings (SSSR count). The summed E-state index contributed by atoms with van der Waals surface area (Å²) in [6.45, 7) is 0. The van der Waals surface area contributed by atoms with Gasteiger partial charge in [0.1, 0.15) is 0 Å². The minimum absolute atomic E-state index is 0.0308. The first-order chi connectivity index (χ1) is 12.6. The number of carbonyl (C=O) groups is 3. The largest absolute Gasteiger partial charge is 0.333 e. The molecule has 1 aliphatic heterocycles. The molecule has 2 amide bonds. The molecule has 2 aromatic carbocycles. The van der Waals surface area contributed by atoms with Crippen molar-refractivity contribution in [1.29, 1.82) is 0 Å². The van der Waals surface area contributed by atoms with Crippen LogP contribution < -0.4 is 0 Å². The van der Waals surface area contributed by atoms with Gasteiger partial charge >= 0.3 is 5.97 Å². The molecule has 6 heteroatoms. The number of hydroxylamine groups is 2. The van der Waals surface area contributed by atoms with Crippen molar-refractivity contribution in [1.82, 2.24) is 10.0 Å². The van der Waals surface area contributed by atoms with Gasteiger partial charge in [-0.1, -0.05) is 41.5 Å². The van der Waals surface area contributed by atoms with Gasteiger partial charge in [-0.25, -0.2) is 4.79 Å². The fourth-order valence-corrected chi connectivity index (χ4v) is 3.01. The molecule has 0 aliphatic carbocycles. The molecule has 0 spiro atoms. The summed E-state index contributed by atoms with van der Waals surface area (Å²) in [5.41, 5.74) is 1.38. The molecule has 3 aromatic rings. The van der Waals surface area contributed by atoms with E-state index in [1.165, 1.54) is 12.1 Å². The molecule has 6 nitrogen and oxygen atoms in total. The van der Waals surface area contributed by atoms with Crippen molar-refractivity contribution in [3.05, 3.63) is 77.6 Å². The zero-order chi connectivity index (χ0) is 18.1. The minimum Gasteiger partial charge on any atom is -0.330 e.